The van der Waals surface area contributed by atoms with Crippen LogP contribution in [0.5, 0.6) is 5.75 Å². The number of benzene rings is 2. The molecule has 2 rings (SSSR count). The summed E-state index contributed by atoms with van der Waals surface area (Å²) in [4.78, 5) is 0. The molecule has 0 bridgehead atoms. The van der Waals surface area contributed by atoms with E-state index in [1.165, 1.54) is 11.1 Å². The number of hydrogen-bond acceptors (Lipinski definition) is 1. The lowest BCUT2D eigenvalue weighted by Crippen LogP contribution is -1.95. The van der Waals surface area contributed by atoms with Crippen LogP contribution < -0.4 is 0 Å². The highest BCUT2D eigenvalue weighted by atomic mass is 16.3. The predicted molar refractivity (Wildman–Crippen MR) is 91.0 cm³/mol. The molecule has 21 heavy (non-hydrogen) atoms. The molecule has 2 aromatic rings. The Labute approximate surface area is 128 Å². The SMILES string of the molecule is CCCc1cccc(-c2ccc(C(C)C)cc2CC)c1O. The van der Waals surface area contributed by atoms with Gasteiger partial charge in [0.05, 0.1) is 0 Å². The van der Waals surface area contributed by atoms with Crippen molar-refractivity contribution in [2.45, 2.75) is 52.9 Å². The fraction of sp³-hybridized carbons (Fsp3) is 0.400. The maximum absolute atomic E-state index is 10.6. The molecule has 112 valence electrons. The summed E-state index contributed by atoms with van der Waals surface area (Å²) in [7, 11) is 0. The van der Waals surface area contributed by atoms with Gasteiger partial charge in [0.25, 0.3) is 0 Å². The minimum atomic E-state index is 0.450. The lowest BCUT2D eigenvalue weighted by molar-refractivity contribution is 0.469. The summed E-state index contributed by atoms with van der Waals surface area (Å²) in [6, 6.07) is 12.7. The van der Waals surface area contributed by atoms with Crippen LogP contribution in [0, 0.1) is 0 Å². The van der Waals surface area contributed by atoms with Crippen LogP contribution >= 0.6 is 0 Å². The summed E-state index contributed by atoms with van der Waals surface area (Å²) in [5, 5.41) is 10.6. The van der Waals surface area contributed by atoms with Crippen LogP contribution in [0.3, 0.4) is 0 Å². The third kappa shape index (κ3) is 3.29. The summed E-state index contributed by atoms with van der Waals surface area (Å²) in [5.41, 5.74) is 5.85. The molecule has 0 heterocycles. The molecule has 0 unspecified atom stereocenters. The topological polar surface area (TPSA) is 20.2 Å². The van der Waals surface area contributed by atoms with Gasteiger partial charge in [-0.1, -0.05) is 70.5 Å². The van der Waals surface area contributed by atoms with E-state index in [-0.39, 0.29) is 0 Å². The van der Waals surface area contributed by atoms with E-state index in [0.717, 1.165) is 36.0 Å². The first-order valence-electron chi connectivity index (χ1n) is 8.02. The number of hydrogen-bond donors (Lipinski definition) is 1. The summed E-state index contributed by atoms with van der Waals surface area (Å²) >= 11 is 0. The fourth-order valence-electron chi connectivity index (χ4n) is 2.81. The highest BCUT2D eigenvalue weighted by Gasteiger charge is 2.12. The van der Waals surface area contributed by atoms with E-state index in [1.807, 2.05) is 12.1 Å². The fourth-order valence-corrected chi connectivity index (χ4v) is 2.81. The first-order chi connectivity index (χ1) is 10.1. The molecule has 1 heteroatoms. The van der Waals surface area contributed by atoms with Crippen molar-refractivity contribution in [2.75, 3.05) is 0 Å². The average molecular weight is 282 g/mol. The number of para-hydroxylation sites is 1. The van der Waals surface area contributed by atoms with Gasteiger partial charge in [0.2, 0.25) is 0 Å². The molecule has 0 atom stereocenters. The zero-order chi connectivity index (χ0) is 15.4. The van der Waals surface area contributed by atoms with E-state index in [9.17, 15) is 5.11 Å². The maximum Gasteiger partial charge on any atom is 0.126 e. The monoisotopic (exact) mass is 282 g/mol. The van der Waals surface area contributed by atoms with Crippen molar-refractivity contribution in [2.24, 2.45) is 0 Å². The van der Waals surface area contributed by atoms with Crippen molar-refractivity contribution in [3.05, 3.63) is 53.1 Å². The molecule has 2 aromatic carbocycles. The van der Waals surface area contributed by atoms with Crippen molar-refractivity contribution in [1.82, 2.24) is 0 Å². The average Bonchev–Trinajstić information content (AvgIpc) is 2.49. The number of rotatable bonds is 5. The Morgan fingerprint density at radius 3 is 2.33 bits per heavy atom. The van der Waals surface area contributed by atoms with Crippen LogP contribution in [0.25, 0.3) is 11.1 Å². The molecule has 0 aliphatic heterocycles. The number of aryl methyl sites for hydroxylation is 2. The molecule has 1 nitrogen and oxygen atoms in total. The van der Waals surface area contributed by atoms with Crippen LogP contribution in [0.1, 0.15) is 56.7 Å². The largest absolute Gasteiger partial charge is 0.507 e. The van der Waals surface area contributed by atoms with Crippen LogP contribution in [0.2, 0.25) is 0 Å². The van der Waals surface area contributed by atoms with Crippen molar-refractivity contribution < 1.29 is 5.11 Å². The van der Waals surface area contributed by atoms with Crippen molar-refractivity contribution in [1.29, 1.82) is 0 Å². The molecule has 0 aliphatic carbocycles. The lowest BCUT2D eigenvalue weighted by atomic mass is 9.91. The molecule has 0 spiro atoms. The molecule has 0 aromatic heterocycles. The van der Waals surface area contributed by atoms with Gasteiger partial charge in [0.1, 0.15) is 5.75 Å². The van der Waals surface area contributed by atoms with E-state index >= 15 is 0 Å². The molecule has 0 saturated heterocycles. The number of phenols is 1. The van der Waals surface area contributed by atoms with E-state index < -0.39 is 0 Å². The number of aromatic hydroxyl groups is 1. The van der Waals surface area contributed by atoms with Crippen LogP contribution in [0.4, 0.5) is 0 Å². The van der Waals surface area contributed by atoms with Gasteiger partial charge in [0.15, 0.2) is 0 Å². The summed E-state index contributed by atoms with van der Waals surface area (Å²) in [6.07, 6.45) is 2.95. The normalized spacial score (nSPS) is 11.1. The van der Waals surface area contributed by atoms with Crippen molar-refractivity contribution >= 4 is 0 Å². The molecule has 0 aliphatic rings. The summed E-state index contributed by atoms with van der Waals surface area (Å²) < 4.78 is 0. The highest BCUT2D eigenvalue weighted by molar-refractivity contribution is 5.75. The second-order valence-electron chi connectivity index (χ2n) is 5.99. The Kier molecular flexibility index (Phi) is 5.06. The lowest BCUT2D eigenvalue weighted by Gasteiger charge is -2.15. The summed E-state index contributed by atoms with van der Waals surface area (Å²) in [5.74, 6) is 0.982. The van der Waals surface area contributed by atoms with Crippen LogP contribution in [-0.2, 0) is 12.8 Å². The quantitative estimate of drug-likeness (QED) is 0.746. The number of phenolic OH excluding ortho intramolecular Hbond substituents is 1. The zero-order valence-corrected chi connectivity index (χ0v) is 13.6. The smallest absolute Gasteiger partial charge is 0.126 e. The first-order valence-corrected chi connectivity index (χ1v) is 8.02. The van der Waals surface area contributed by atoms with E-state index in [1.54, 1.807) is 0 Å². The standard InChI is InChI=1S/C20H26O/c1-5-8-16-9-7-10-19(20(16)21)18-12-11-17(14(3)4)13-15(18)6-2/h7,9-14,21H,5-6,8H2,1-4H3. The Bertz CT molecular complexity index is 611. The molecule has 0 radical (unpaired) electrons. The minimum Gasteiger partial charge on any atom is -0.507 e. The van der Waals surface area contributed by atoms with Crippen LogP contribution in [0.15, 0.2) is 36.4 Å². The molecule has 0 fully saturated rings. The van der Waals surface area contributed by atoms with Gasteiger partial charge in [-0.3, -0.25) is 0 Å². The van der Waals surface area contributed by atoms with Crippen molar-refractivity contribution in [3.63, 3.8) is 0 Å². The van der Waals surface area contributed by atoms with Crippen LogP contribution in [-0.4, -0.2) is 5.11 Å². The van der Waals surface area contributed by atoms with E-state index in [0.29, 0.717) is 11.7 Å². The Balaban J connectivity index is 2.54. The molecular weight excluding hydrogens is 256 g/mol. The molecule has 0 saturated carbocycles. The third-order valence-electron chi connectivity index (χ3n) is 4.11. The van der Waals surface area contributed by atoms with Gasteiger partial charge in [0, 0.05) is 5.56 Å². The first kappa shape index (κ1) is 15.6. The Hall–Kier alpha value is -1.76. The Morgan fingerprint density at radius 1 is 0.952 bits per heavy atom. The minimum absolute atomic E-state index is 0.450. The predicted octanol–water partition coefficient (Wildman–Crippen LogP) is 5.70. The van der Waals surface area contributed by atoms with Gasteiger partial charge in [-0.2, -0.15) is 0 Å². The second-order valence-corrected chi connectivity index (χ2v) is 5.99. The van der Waals surface area contributed by atoms with E-state index in [4.69, 9.17) is 0 Å². The third-order valence-corrected chi connectivity index (χ3v) is 4.11. The van der Waals surface area contributed by atoms with Gasteiger partial charge in [-0.05, 0) is 41.0 Å². The maximum atomic E-state index is 10.6. The molecular formula is C20H26O. The van der Waals surface area contributed by atoms with E-state index in [2.05, 4.69) is 52.0 Å². The zero-order valence-electron chi connectivity index (χ0n) is 13.6. The second kappa shape index (κ2) is 6.80. The highest BCUT2D eigenvalue weighted by Crippen LogP contribution is 2.36. The Morgan fingerprint density at radius 2 is 1.71 bits per heavy atom. The molecule has 1 N–H and O–H groups in total. The van der Waals surface area contributed by atoms with Gasteiger partial charge in [-0.15, -0.1) is 0 Å². The summed E-state index contributed by atoms with van der Waals surface area (Å²) in [6.45, 7) is 8.75. The van der Waals surface area contributed by atoms with Crippen molar-refractivity contribution in [3.8, 4) is 16.9 Å². The van der Waals surface area contributed by atoms with Gasteiger partial charge < -0.3 is 5.11 Å². The van der Waals surface area contributed by atoms with Gasteiger partial charge in [-0.25, -0.2) is 0 Å². The van der Waals surface area contributed by atoms with Gasteiger partial charge >= 0.3 is 0 Å². The molecule has 0 amide bonds.